The molecule has 0 unspecified atom stereocenters. The highest BCUT2D eigenvalue weighted by Crippen LogP contribution is 2.42. The van der Waals surface area contributed by atoms with E-state index >= 15 is 0 Å². The Bertz CT molecular complexity index is 1410. The molecule has 1 saturated carbocycles. The van der Waals surface area contributed by atoms with E-state index in [2.05, 4.69) is 27.3 Å². The molecule has 2 fully saturated rings. The van der Waals surface area contributed by atoms with E-state index in [1.54, 1.807) is 29.0 Å². The smallest absolute Gasteiger partial charge is 0.274 e. The number of carbonyl (C=O) groups excluding carboxylic acids is 1. The molecule has 1 saturated heterocycles. The zero-order valence-electron chi connectivity index (χ0n) is 20.3. The second-order valence-corrected chi connectivity index (χ2v) is 10.7. The third-order valence-corrected chi connectivity index (χ3v) is 8.24. The SMILES string of the molecule is O=C(Nc1nc([C@H]2CCCN2c2ccc(C3(O)CCC3)cc2)cs1)c1cccn1Cc1ccnc(F)c1. The fourth-order valence-corrected chi connectivity index (χ4v) is 6.05. The highest BCUT2D eigenvalue weighted by molar-refractivity contribution is 7.14. The molecule has 6 rings (SSSR count). The number of nitrogens with zero attached hydrogens (tertiary/aromatic N) is 4. The van der Waals surface area contributed by atoms with E-state index in [0.717, 1.165) is 61.2 Å². The number of aromatic nitrogens is 3. The van der Waals surface area contributed by atoms with E-state index in [-0.39, 0.29) is 11.9 Å². The van der Waals surface area contributed by atoms with Crippen molar-refractivity contribution in [3.05, 3.63) is 94.8 Å². The van der Waals surface area contributed by atoms with Crippen LogP contribution in [0.4, 0.5) is 15.2 Å². The zero-order chi connectivity index (χ0) is 25.4. The molecule has 1 amide bonds. The number of halogens is 1. The van der Waals surface area contributed by atoms with Crippen LogP contribution < -0.4 is 10.2 Å². The second-order valence-electron chi connectivity index (χ2n) is 9.82. The Labute approximate surface area is 218 Å². The van der Waals surface area contributed by atoms with Crippen LogP contribution in [-0.2, 0) is 12.1 Å². The maximum absolute atomic E-state index is 13.5. The van der Waals surface area contributed by atoms with Crippen LogP contribution in [0, 0.1) is 5.95 Å². The van der Waals surface area contributed by atoms with Crippen molar-refractivity contribution in [3.8, 4) is 0 Å². The van der Waals surface area contributed by atoms with Crippen LogP contribution in [0.1, 0.15) is 65.5 Å². The summed E-state index contributed by atoms with van der Waals surface area (Å²) in [6.45, 7) is 1.31. The molecular weight excluding hydrogens is 489 g/mol. The fraction of sp³-hybridized carbons (Fsp3) is 0.321. The number of aliphatic hydroxyl groups is 1. The summed E-state index contributed by atoms with van der Waals surface area (Å²) in [6, 6.07) is 15.1. The lowest BCUT2D eigenvalue weighted by molar-refractivity contribution is -0.0387. The summed E-state index contributed by atoms with van der Waals surface area (Å²) in [7, 11) is 0. The molecule has 4 aromatic rings. The van der Waals surface area contributed by atoms with E-state index in [1.165, 1.54) is 23.6 Å². The van der Waals surface area contributed by atoms with E-state index < -0.39 is 11.5 Å². The number of hydrogen-bond acceptors (Lipinski definition) is 6. The summed E-state index contributed by atoms with van der Waals surface area (Å²) in [5.74, 6) is -0.799. The Hall–Kier alpha value is -3.56. The lowest BCUT2D eigenvalue weighted by Crippen LogP contribution is -2.33. The summed E-state index contributed by atoms with van der Waals surface area (Å²) in [4.78, 5) is 23.7. The summed E-state index contributed by atoms with van der Waals surface area (Å²) in [5, 5.41) is 16.1. The van der Waals surface area contributed by atoms with Crippen molar-refractivity contribution in [3.63, 3.8) is 0 Å². The number of amides is 1. The Kier molecular flexibility index (Phi) is 6.26. The van der Waals surface area contributed by atoms with Gasteiger partial charge < -0.3 is 14.6 Å². The minimum Gasteiger partial charge on any atom is -0.385 e. The predicted molar refractivity (Wildman–Crippen MR) is 141 cm³/mol. The minimum absolute atomic E-state index is 0.144. The van der Waals surface area contributed by atoms with Gasteiger partial charge in [0.25, 0.3) is 5.91 Å². The third-order valence-electron chi connectivity index (χ3n) is 7.46. The second kappa shape index (κ2) is 9.72. The monoisotopic (exact) mass is 517 g/mol. The lowest BCUT2D eigenvalue weighted by Gasteiger charge is -2.37. The molecule has 2 aliphatic rings. The number of nitrogens with one attached hydrogen (secondary N) is 1. The number of hydrogen-bond donors (Lipinski definition) is 2. The van der Waals surface area contributed by atoms with Gasteiger partial charge in [-0.25, -0.2) is 9.97 Å². The van der Waals surface area contributed by atoms with Gasteiger partial charge in [0.1, 0.15) is 5.69 Å². The Balaban J connectivity index is 1.14. The number of rotatable bonds is 7. The molecule has 3 aromatic heterocycles. The fourth-order valence-electron chi connectivity index (χ4n) is 5.30. The van der Waals surface area contributed by atoms with Crippen molar-refractivity contribution in [1.82, 2.24) is 14.5 Å². The number of thiazole rings is 1. The first kappa shape index (κ1) is 23.8. The topological polar surface area (TPSA) is 83.3 Å². The number of anilines is 2. The maximum Gasteiger partial charge on any atom is 0.274 e. The molecule has 0 spiro atoms. The summed E-state index contributed by atoms with van der Waals surface area (Å²) in [5.41, 5.74) is 3.62. The van der Waals surface area contributed by atoms with Crippen LogP contribution in [-0.4, -0.2) is 32.1 Å². The molecule has 0 radical (unpaired) electrons. The predicted octanol–water partition coefficient (Wildman–Crippen LogP) is 5.49. The van der Waals surface area contributed by atoms with Gasteiger partial charge in [-0.15, -0.1) is 11.3 Å². The molecule has 1 aliphatic carbocycles. The van der Waals surface area contributed by atoms with Gasteiger partial charge in [-0.2, -0.15) is 4.39 Å². The Morgan fingerprint density at radius 1 is 1.19 bits per heavy atom. The van der Waals surface area contributed by atoms with Crippen LogP contribution in [0.25, 0.3) is 0 Å². The van der Waals surface area contributed by atoms with E-state index in [9.17, 15) is 14.3 Å². The van der Waals surface area contributed by atoms with Crippen LogP contribution >= 0.6 is 11.3 Å². The number of pyridine rings is 1. The summed E-state index contributed by atoms with van der Waals surface area (Å²) in [6.07, 6.45) is 8.02. The molecule has 7 nitrogen and oxygen atoms in total. The average Bonchev–Trinajstić information content (AvgIpc) is 3.63. The quantitative estimate of drug-likeness (QED) is 0.317. The van der Waals surface area contributed by atoms with Crippen LogP contribution in [0.5, 0.6) is 0 Å². The maximum atomic E-state index is 13.5. The molecule has 37 heavy (non-hydrogen) atoms. The Morgan fingerprint density at radius 3 is 2.78 bits per heavy atom. The normalized spacial score (nSPS) is 18.5. The summed E-state index contributed by atoms with van der Waals surface area (Å²) >= 11 is 1.42. The lowest BCUT2D eigenvalue weighted by atomic mass is 9.75. The van der Waals surface area contributed by atoms with Gasteiger partial charge in [0.2, 0.25) is 5.95 Å². The van der Waals surface area contributed by atoms with E-state index in [1.807, 2.05) is 17.5 Å². The standard InChI is InChI=1S/C28H28FN5O2S/c29-25-16-19(10-13-30-25)17-33-14-1-5-24(33)26(35)32-27-31-22(18-37-27)23-4-2-15-34(23)21-8-6-20(7-9-21)28(36)11-3-12-28/h1,5-10,13-14,16,18,23,36H,2-4,11-12,15,17H2,(H,31,32,35)/t23-/m1/s1. The zero-order valence-corrected chi connectivity index (χ0v) is 21.1. The van der Waals surface area contributed by atoms with E-state index in [0.29, 0.717) is 17.4 Å². The van der Waals surface area contributed by atoms with Crippen LogP contribution in [0.15, 0.2) is 66.3 Å². The van der Waals surface area contributed by atoms with Crippen molar-refractivity contribution in [2.24, 2.45) is 0 Å². The first-order valence-corrected chi connectivity index (χ1v) is 13.5. The van der Waals surface area contributed by atoms with Crippen molar-refractivity contribution >= 4 is 28.1 Å². The van der Waals surface area contributed by atoms with Gasteiger partial charge in [0, 0.05) is 36.6 Å². The molecule has 1 atom stereocenters. The highest BCUT2D eigenvalue weighted by atomic mass is 32.1. The molecule has 9 heteroatoms. The van der Waals surface area contributed by atoms with Crippen molar-refractivity contribution < 1.29 is 14.3 Å². The van der Waals surface area contributed by atoms with Crippen LogP contribution in [0.2, 0.25) is 0 Å². The first-order valence-electron chi connectivity index (χ1n) is 12.6. The van der Waals surface area contributed by atoms with E-state index in [4.69, 9.17) is 4.98 Å². The summed E-state index contributed by atoms with van der Waals surface area (Å²) < 4.78 is 15.2. The number of benzene rings is 1. The van der Waals surface area contributed by atoms with Gasteiger partial charge in [0.05, 0.1) is 17.3 Å². The van der Waals surface area contributed by atoms with Crippen molar-refractivity contribution in [1.29, 1.82) is 0 Å². The molecular formula is C28H28FN5O2S. The molecule has 190 valence electrons. The van der Waals surface area contributed by atoms with Crippen LogP contribution in [0.3, 0.4) is 0 Å². The molecule has 0 bridgehead atoms. The largest absolute Gasteiger partial charge is 0.385 e. The minimum atomic E-state index is -0.653. The van der Waals surface area contributed by atoms with Gasteiger partial charge in [-0.3, -0.25) is 10.1 Å². The average molecular weight is 518 g/mol. The van der Waals surface area contributed by atoms with Crippen molar-refractivity contribution in [2.75, 3.05) is 16.8 Å². The Morgan fingerprint density at radius 2 is 2.03 bits per heavy atom. The molecule has 2 N–H and O–H groups in total. The highest BCUT2D eigenvalue weighted by Gasteiger charge is 2.36. The van der Waals surface area contributed by atoms with Gasteiger partial charge in [-0.1, -0.05) is 12.1 Å². The molecule has 4 heterocycles. The van der Waals surface area contributed by atoms with Gasteiger partial charge in [-0.05, 0) is 79.6 Å². The third kappa shape index (κ3) is 4.76. The van der Waals surface area contributed by atoms with Gasteiger partial charge >= 0.3 is 0 Å². The molecule has 1 aromatic carbocycles. The van der Waals surface area contributed by atoms with Gasteiger partial charge in [0.15, 0.2) is 5.13 Å². The molecule has 1 aliphatic heterocycles. The van der Waals surface area contributed by atoms with Crippen molar-refractivity contribution in [2.45, 2.75) is 50.3 Å². The first-order chi connectivity index (χ1) is 18.0. The number of carbonyl (C=O) groups is 1.